The molecule has 0 aliphatic heterocycles. The lowest BCUT2D eigenvalue weighted by Crippen LogP contribution is -2.12. The molecule has 0 unspecified atom stereocenters. The highest BCUT2D eigenvalue weighted by molar-refractivity contribution is 7.09. The second kappa shape index (κ2) is 6.89. The number of carbonyl (C=O) groups is 1. The molecule has 0 radical (unpaired) electrons. The molecule has 2 heterocycles. The number of carbonyl (C=O) groups excluding carboxylic acids is 1. The molecule has 100 valence electrons. The summed E-state index contributed by atoms with van der Waals surface area (Å²) < 4.78 is 5.09. The zero-order valence-corrected chi connectivity index (χ0v) is 11.6. The van der Waals surface area contributed by atoms with Gasteiger partial charge in [-0.1, -0.05) is 6.07 Å². The number of anilines is 1. The van der Waals surface area contributed by atoms with Crippen LogP contribution in [0.3, 0.4) is 0 Å². The first kappa shape index (κ1) is 13.5. The third kappa shape index (κ3) is 4.06. The van der Waals surface area contributed by atoms with Gasteiger partial charge in [0.15, 0.2) is 0 Å². The van der Waals surface area contributed by atoms with Gasteiger partial charge in [-0.25, -0.2) is 4.98 Å². The van der Waals surface area contributed by atoms with Gasteiger partial charge in [0.25, 0.3) is 0 Å². The van der Waals surface area contributed by atoms with Crippen LogP contribution in [0.2, 0.25) is 0 Å². The van der Waals surface area contributed by atoms with Crippen molar-refractivity contribution in [2.75, 3.05) is 12.4 Å². The summed E-state index contributed by atoms with van der Waals surface area (Å²) >= 11 is 1.72. The Hall–Kier alpha value is -1.88. The summed E-state index contributed by atoms with van der Waals surface area (Å²) in [5, 5.41) is 4.87. The molecule has 2 aromatic rings. The number of thiophene rings is 1. The van der Waals surface area contributed by atoms with E-state index in [9.17, 15) is 4.79 Å². The van der Waals surface area contributed by atoms with Crippen molar-refractivity contribution in [3.8, 4) is 5.88 Å². The van der Waals surface area contributed by atoms with E-state index in [4.69, 9.17) is 4.74 Å². The standard InChI is InChI=1S/C14H16N2O2S/c1-18-14-12(7-3-9-15-14)16-13(17)8-2-5-11-6-4-10-19-11/h3-4,6-7,9-10H,2,5,8H2,1H3,(H,16,17). The molecule has 1 amide bonds. The zero-order chi connectivity index (χ0) is 13.5. The molecule has 0 saturated carbocycles. The van der Waals surface area contributed by atoms with Gasteiger partial charge < -0.3 is 10.1 Å². The average Bonchev–Trinajstić information content (AvgIpc) is 2.92. The number of methoxy groups -OCH3 is 1. The van der Waals surface area contributed by atoms with Crippen molar-refractivity contribution in [3.05, 3.63) is 40.7 Å². The number of hydrogen-bond donors (Lipinski definition) is 1. The lowest BCUT2D eigenvalue weighted by molar-refractivity contribution is -0.116. The number of amides is 1. The molecule has 0 atom stereocenters. The van der Waals surface area contributed by atoms with Crippen molar-refractivity contribution in [2.45, 2.75) is 19.3 Å². The van der Waals surface area contributed by atoms with Crippen molar-refractivity contribution < 1.29 is 9.53 Å². The minimum Gasteiger partial charge on any atom is -0.480 e. The molecule has 0 fully saturated rings. The van der Waals surface area contributed by atoms with E-state index >= 15 is 0 Å². The highest BCUT2D eigenvalue weighted by Gasteiger charge is 2.07. The van der Waals surface area contributed by atoms with Crippen LogP contribution in [0.25, 0.3) is 0 Å². The summed E-state index contributed by atoms with van der Waals surface area (Å²) in [7, 11) is 1.54. The number of aryl methyl sites for hydroxylation is 1. The van der Waals surface area contributed by atoms with E-state index in [2.05, 4.69) is 21.7 Å². The maximum absolute atomic E-state index is 11.8. The van der Waals surface area contributed by atoms with Crippen LogP contribution in [0.5, 0.6) is 5.88 Å². The quantitative estimate of drug-likeness (QED) is 0.882. The number of rotatable bonds is 6. The van der Waals surface area contributed by atoms with Gasteiger partial charge in [0.2, 0.25) is 11.8 Å². The smallest absolute Gasteiger partial charge is 0.237 e. The van der Waals surface area contributed by atoms with Gasteiger partial charge in [0, 0.05) is 17.5 Å². The van der Waals surface area contributed by atoms with E-state index in [-0.39, 0.29) is 5.91 Å². The fourth-order valence-corrected chi connectivity index (χ4v) is 2.49. The Morgan fingerprint density at radius 3 is 3.05 bits per heavy atom. The first-order chi connectivity index (χ1) is 9.29. The third-order valence-electron chi connectivity index (χ3n) is 2.65. The summed E-state index contributed by atoms with van der Waals surface area (Å²) in [5.41, 5.74) is 0.617. The number of ether oxygens (including phenoxy) is 1. The third-order valence-corrected chi connectivity index (χ3v) is 3.58. The van der Waals surface area contributed by atoms with Crippen LogP contribution in [0.4, 0.5) is 5.69 Å². The average molecular weight is 276 g/mol. The SMILES string of the molecule is COc1ncccc1NC(=O)CCCc1cccs1. The van der Waals surface area contributed by atoms with Crippen molar-refractivity contribution in [1.29, 1.82) is 0 Å². The van der Waals surface area contributed by atoms with Gasteiger partial charge in [-0.3, -0.25) is 4.79 Å². The number of nitrogens with zero attached hydrogens (tertiary/aromatic N) is 1. The van der Waals surface area contributed by atoms with Gasteiger partial charge in [-0.2, -0.15) is 0 Å². The second-order valence-corrected chi connectivity index (χ2v) is 5.07. The second-order valence-electron chi connectivity index (χ2n) is 4.04. The van der Waals surface area contributed by atoms with Crippen LogP contribution in [-0.4, -0.2) is 18.0 Å². The van der Waals surface area contributed by atoms with E-state index in [0.717, 1.165) is 12.8 Å². The van der Waals surface area contributed by atoms with E-state index in [1.54, 1.807) is 29.7 Å². The zero-order valence-electron chi connectivity index (χ0n) is 10.8. The molecule has 1 N–H and O–H groups in total. The lowest BCUT2D eigenvalue weighted by atomic mass is 10.2. The predicted molar refractivity (Wildman–Crippen MR) is 76.7 cm³/mol. The monoisotopic (exact) mass is 276 g/mol. The van der Waals surface area contributed by atoms with Gasteiger partial charge in [0.05, 0.1) is 7.11 Å². The van der Waals surface area contributed by atoms with Crippen LogP contribution in [0, 0.1) is 0 Å². The Morgan fingerprint density at radius 2 is 2.32 bits per heavy atom. The summed E-state index contributed by atoms with van der Waals surface area (Å²) in [6.45, 7) is 0. The Kier molecular flexibility index (Phi) is 4.92. The molecule has 0 bridgehead atoms. The molecule has 2 rings (SSSR count). The first-order valence-electron chi connectivity index (χ1n) is 6.11. The molecular weight excluding hydrogens is 260 g/mol. The van der Waals surface area contributed by atoms with Crippen LogP contribution in [0.1, 0.15) is 17.7 Å². The molecular formula is C14H16N2O2S. The Labute approximate surface area is 116 Å². The van der Waals surface area contributed by atoms with Crippen molar-refractivity contribution in [1.82, 2.24) is 4.98 Å². The van der Waals surface area contributed by atoms with Gasteiger partial charge in [-0.05, 0) is 36.4 Å². The molecule has 19 heavy (non-hydrogen) atoms. The van der Waals surface area contributed by atoms with Crippen LogP contribution >= 0.6 is 11.3 Å². The highest BCUT2D eigenvalue weighted by Crippen LogP contribution is 2.20. The molecule has 5 heteroatoms. The summed E-state index contributed by atoms with van der Waals surface area (Å²) in [5.74, 6) is 0.428. The molecule has 0 aliphatic rings. The summed E-state index contributed by atoms with van der Waals surface area (Å²) in [6.07, 6.45) is 3.91. The van der Waals surface area contributed by atoms with Crippen LogP contribution in [-0.2, 0) is 11.2 Å². The highest BCUT2D eigenvalue weighted by atomic mass is 32.1. The molecule has 0 spiro atoms. The molecule has 0 saturated heterocycles. The topological polar surface area (TPSA) is 51.2 Å². The Balaban J connectivity index is 1.80. The number of aromatic nitrogens is 1. The number of hydrogen-bond acceptors (Lipinski definition) is 4. The van der Waals surface area contributed by atoms with E-state index in [1.807, 2.05) is 6.07 Å². The minimum atomic E-state index is -0.0112. The van der Waals surface area contributed by atoms with Gasteiger partial charge in [-0.15, -0.1) is 11.3 Å². The maximum atomic E-state index is 11.8. The van der Waals surface area contributed by atoms with E-state index < -0.39 is 0 Å². The van der Waals surface area contributed by atoms with Gasteiger partial charge >= 0.3 is 0 Å². The lowest BCUT2D eigenvalue weighted by Gasteiger charge is -2.08. The largest absolute Gasteiger partial charge is 0.480 e. The Morgan fingerprint density at radius 1 is 1.42 bits per heavy atom. The number of nitrogens with one attached hydrogen (secondary N) is 1. The normalized spacial score (nSPS) is 10.2. The van der Waals surface area contributed by atoms with Crippen molar-refractivity contribution in [3.63, 3.8) is 0 Å². The molecule has 0 aromatic carbocycles. The Bertz CT molecular complexity index is 526. The molecule has 0 aliphatic carbocycles. The molecule has 4 nitrogen and oxygen atoms in total. The van der Waals surface area contributed by atoms with E-state index in [1.165, 1.54) is 12.0 Å². The summed E-state index contributed by atoms with van der Waals surface area (Å²) in [4.78, 5) is 17.2. The van der Waals surface area contributed by atoms with Crippen LogP contribution < -0.4 is 10.1 Å². The summed E-state index contributed by atoms with van der Waals surface area (Å²) in [6, 6.07) is 7.67. The minimum absolute atomic E-state index is 0.0112. The fraction of sp³-hybridized carbons (Fsp3) is 0.286. The molecule has 2 aromatic heterocycles. The first-order valence-corrected chi connectivity index (χ1v) is 6.99. The van der Waals surface area contributed by atoms with Crippen molar-refractivity contribution in [2.24, 2.45) is 0 Å². The number of pyridine rings is 1. The fourth-order valence-electron chi connectivity index (χ4n) is 1.74. The van der Waals surface area contributed by atoms with E-state index in [0.29, 0.717) is 18.0 Å². The van der Waals surface area contributed by atoms with Crippen molar-refractivity contribution >= 4 is 22.9 Å². The van der Waals surface area contributed by atoms with Crippen LogP contribution in [0.15, 0.2) is 35.8 Å². The maximum Gasteiger partial charge on any atom is 0.237 e. The van der Waals surface area contributed by atoms with Gasteiger partial charge in [0.1, 0.15) is 5.69 Å². The predicted octanol–water partition coefficient (Wildman–Crippen LogP) is 3.11.